The minimum atomic E-state index is -1.07. The number of nitrogens with one attached hydrogen (secondary N) is 2. The van der Waals surface area contributed by atoms with Crippen LogP contribution in [0.25, 0.3) is 0 Å². The number of hydrogen-bond donors (Lipinski definition) is 3. The lowest BCUT2D eigenvalue weighted by Gasteiger charge is -2.20. The lowest BCUT2D eigenvalue weighted by molar-refractivity contribution is -0.139. The number of aliphatic carboxylic acids is 1. The zero-order chi connectivity index (χ0) is 13.5. The number of H-pyrrole nitrogens is 1. The number of carbonyl (C=O) groups is 2. The van der Waals surface area contributed by atoms with Crippen LogP contribution in [0.15, 0.2) is 12.5 Å². The highest BCUT2D eigenvalue weighted by atomic mass is 16.4. The average molecular weight is 254 g/mol. The maximum atomic E-state index is 11.7. The lowest BCUT2D eigenvalue weighted by Crippen LogP contribution is -2.47. The Hall–Kier alpha value is -2.05. The summed E-state index contributed by atoms with van der Waals surface area (Å²) >= 11 is 0. The third kappa shape index (κ3) is 4.08. The average Bonchev–Trinajstić information content (AvgIpc) is 2.81. The standard InChI is InChI=1S/C11H18N4O3/c1-3-4-15(2)11(18)14-9(10(16)17)5-8-6-12-7-13-8/h6-7,9H,3-5H2,1-2H3,(H,12,13)(H,14,18)(H,16,17)/t9-/m1/s1. The highest BCUT2D eigenvalue weighted by molar-refractivity contribution is 5.82. The number of rotatable bonds is 6. The molecule has 0 radical (unpaired) electrons. The summed E-state index contributed by atoms with van der Waals surface area (Å²) < 4.78 is 0. The largest absolute Gasteiger partial charge is 0.480 e. The summed E-state index contributed by atoms with van der Waals surface area (Å²) in [6, 6.07) is -1.35. The van der Waals surface area contributed by atoms with Gasteiger partial charge in [-0.2, -0.15) is 0 Å². The van der Waals surface area contributed by atoms with Crippen molar-refractivity contribution in [3.63, 3.8) is 0 Å². The first-order valence-electron chi connectivity index (χ1n) is 5.76. The van der Waals surface area contributed by atoms with Crippen LogP contribution in [0, 0.1) is 0 Å². The lowest BCUT2D eigenvalue weighted by atomic mass is 10.1. The minimum Gasteiger partial charge on any atom is -0.480 e. The van der Waals surface area contributed by atoms with E-state index in [9.17, 15) is 9.59 Å². The Bertz CT molecular complexity index is 391. The fourth-order valence-electron chi connectivity index (χ4n) is 1.51. The second kappa shape index (κ2) is 6.63. The number of carbonyl (C=O) groups excluding carboxylic acids is 1. The van der Waals surface area contributed by atoms with Gasteiger partial charge in [-0.05, 0) is 6.42 Å². The Labute approximate surface area is 105 Å². The van der Waals surface area contributed by atoms with E-state index in [1.54, 1.807) is 7.05 Å². The number of aromatic nitrogens is 2. The van der Waals surface area contributed by atoms with Gasteiger partial charge in [-0.1, -0.05) is 6.92 Å². The fraction of sp³-hybridized carbons (Fsp3) is 0.545. The van der Waals surface area contributed by atoms with Crippen LogP contribution in [0.3, 0.4) is 0 Å². The zero-order valence-electron chi connectivity index (χ0n) is 10.5. The van der Waals surface area contributed by atoms with Crippen molar-refractivity contribution in [3.8, 4) is 0 Å². The SMILES string of the molecule is CCCN(C)C(=O)N[C@H](Cc1cnc[nH]1)C(=O)O. The third-order valence-electron chi connectivity index (χ3n) is 2.48. The van der Waals surface area contributed by atoms with E-state index in [-0.39, 0.29) is 12.5 Å². The molecule has 0 saturated heterocycles. The molecule has 1 aromatic heterocycles. The first-order chi connectivity index (χ1) is 8.54. The van der Waals surface area contributed by atoms with Crippen LogP contribution in [0.5, 0.6) is 0 Å². The molecule has 1 heterocycles. The molecule has 7 nitrogen and oxygen atoms in total. The maximum Gasteiger partial charge on any atom is 0.326 e. The number of amides is 2. The van der Waals surface area contributed by atoms with Gasteiger partial charge in [0.15, 0.2) is 0 Å². The fourth-order valence-corrected chi connectivity index (χ4v) is 1.51. The molecule has 100 valence electrons. The number of imidazole rings is 1. The van der Waals surface area contributed by atoms with Crippen molar-refractivity contribution in [2.45, 2.75) is 25.8 Å². The molecule has 0 aliphatic heterocycles. The molecule has 0 saturated carbocycles. The molecule has 0 aliphatic carbocycles. The topological polar surface area (TPSA) is 98.3 Å². The van der Waals surface area contributed by atoms with Gasteiger partial charge in [0.2, 0.25) is 0 Å². The van der Waals surface area contributed by atoms with E-state index in [0.717, 1.165) is 6.42 Å². The molecule has 0 aliphatic rings. The monoisotopic (exact) mass is 254 g/mol. The molecular formula is C11H18N4O3. The molecular weight excluding hydrogens is 236 g/mol. The van der Waals surface area contributed by atoms with E-state index in [4.69, 9.17) is 5.11 Å². The molecule has 0 bridgehead atoms. The Morgan fingerprint density at radius 1 is 1.61 bits per heavy atom. The van der Waals surface area contributed by atoms with Gasteiger partial charge in [0.1, 0.15) is 6.04 Å². The maximum absolute atomic E-state index is 11.7. The molecule has 3 N–H and O–H groups in total. The van der Waals surface area contributed by atoms with E-state index >= 15 is 0 Å². The van der Waals surface area contributed by atoms with Crippen LogP contribution in [-0.4, -0.2) is 51.6 Å². The van der Waals surface area contributed by atoms with E-state index in [1.807, 2.05) is 6.92 Å². The molecule has 0 fully saturated rings. The summed E-state index contributed by atoms with van der Waals surface area (Å²) in [5.74, 6) is -1.07. The number of carboxylic acids is 1. The van der Waals surface area contributed by atoms with E-state index in [1.165, 1.54) is 17.4 Å². The van der Waals surface area contributed by atoms with Crippen LogP contribution in [-0.2, 0) is 11.2 Å². The summed E-state index contributed by atoms with van der Waals surface area (Å²) in [6.07, 6.45) is 4.01. The predicted octanol–water partition coefficient (Wildman–Crippen LogP) is 0.457. The van der Waals surface area contributed by atoms with Gasteiger partial charge in [-0.15, -0.1) is 0 Å². The van der Waals surface area contributed by atoms with Gasteiger partial charge in [0.05, 0.1) is 6.33 Å². The first-order valence-corrected chi connectivity index (χ1v) is 5.76. The molecule has 1 rings (SSSR count). The van der Waals surface area contributed by atoms with Gasteiger partial charge in [-0.3, -0.25) is 0 Å². The molecule has 18 heavy (non-hydrogen) atoms. The van der Waals surface area contributed by atoms with E-state index in [0.29, 0.717) is 12.2 Å². The van der Waals surface area contributed by atoms with E-state index < -0.39 is 12.0 Å². The zero-order valence-corrected chi connectivity index (χ0v) is 10.5. The van der Waals surface area contributed by atoms with Crippen molar-refractivity contribution in [1.29, 1.82) is 0 Å². The summed E-state index contributed by atoms with van der Waals surface area (Å²) in [5, 5.41) is 11.5. The molecule has 0 unspecified atom stereocenters. The van der Waals surface area contributed by atoms with Crippen molar-refractivity contribution >= 4 is 12.0 Å². The van der Waals surface area contributed by atoms with Gasteiger partial charge in [0, 0.05) is 31.9 Å². The summed E-state index contributed by atoms with van der Waals surface area (Å²) in [5.41, 5.74) is 0.667. The first kappa shape index (κ1) is 14.0. The normalized spacial score (nSPS) is 11.9. The molecule has 0 aromatic carbocycles. The second-order valence-corrected chi connectivity index (χ2v) is 4.04. The number of aromatic amines is 1. The van der Waals surface area contributed by atoms with Gasteiger partial charge in [-0.25, -0.2) is 14.6 Å². The highest BCUT2D eigenvalue weighted by Gasteiger charge is 2.22. The van der Waals surface area contributed by atoms with Crippen LogP contribution in [0.4, 0.5) is 4.79 Å². The van der Waals surface area contributed by atoms with E-state index in [2.05, 4.69) is 15.3 Å². The van der Waals surface area contributed by atoms with Crippen molar-refractivity contribution in [3.05, 3.63) is 18.2 Å². The van der Waals surface area contributed by atoms with Crippen molar-refractivity contribution in [2.75, 3.05) is 13.6 Å². The summed E-state index contributed by atoms with van der Waals surface area (Å²) in [7, 11) is 1.63. The number of urea groups is 1. The minimum absolute atomic E-state index is 0.182. The molecule has 1 atom stereocenters. The molecule has 7 heteroatoms. The summed E-state index contributed by atoms with van der Waals surface area (Å²) in [4.78, 5) is 30.9. The third-order valence-corrected chi connectivity index (χ3v) is 2.48. The van der Waals surface area contributed by atoms with Gasteiger partial charge < -0.3 is 20.3 Å². The number of hydrogen-bond acceptors (Lipinski definition) is 3. The Kier molecular flexibility index (Phi) is 5.16. The van der Waals surface area contributed by atoms with Crippen molar-refractivity contribution in [1.82, 2.24) is 20.2 Å². The van der Waals surface area contributed by atoms with Crippen LogP contribution >= 0.6 is 0 Å². The smallest absolute Gasteiger partial charge is 0.326 e. The number of nitrogens with zero attached hydrogens (tertiary/aromatic N) is 2. The molecule has 2 amide bonds. The van der Waals surface area contributed by atoms with Crippen LogP contribution in [0.1, 0.15) is 19.0 Å². The Morgan fingerprint density at radius 2 is 2.33 bits per heavy atom. The quantitative estimate of drug-likeness (QED) is 0.686. The number of carboxylic acid groups (broad SMARTS) is 1. The van der Waals surface area contributed by atoms with Crippen LogP contribution in [0.2, 0.25) is 0 Å². The van der Waals surface area contributed by atoms with Crippen molar-refractivity contribution in [2.24, 2.45) is 0 Å². The van der Waals surface area contributed by atoms with Gasteiger partial charge in [0.25, 0.3) is 0 Å². The highest BCUT2D eigenvalue weighted by Crippen LogP contribution is 2.00. The second-order valence-electron chi connectivity index (χ2n) is 4.04. The predicted molar refractivity (Wildman–Crippen MR) is 65.2 cm³/mol. The van der Waals surface area contributed by atoms with Crippen LogP contribution < -0.4 is 5.32 Å². The molecule has 0 spiro atoms. The Balaban J connectivity index is 2.58. The van der Waals surface area contributed by atoms with Gasteiger partial charge >= 0.3 is 12.0 Å². The van der Waals surface area contributed by atoms with Crippen molar-refractivity contribution < 1.29 is 14.7 Å². The Morgan fingerprint density at radius 3 is 2.83 bits per heavy atom. The summed E-state index contributed by atoms with van der Waals surface area (Å²) in [6.45, 7) is 2.53. The molecule has 1 aromatic rings.